The Hall–Kier alpha value is -3.69. The number of halogens is 1. The number of nitro groups is 1. The minimum atomic E-state index is -0.578. The SMILES string of the molecule is COc1cc([N+](=O)[O-])c(Cl)cc1-c1ccc(/C=c2\sc3nc4c(C)c(C)ccc4n3c2=O)o1. The Morgan fingerprint density at radius 3 is 2.76 bits per heavy atom. The molecule has 10 heteroatoms. The summed E-state index contributed by atoms with van der Waals surface area (Å²) in [5, 5.41) is 11.1. The molecule has 0 saturated carbocycles. The van der Waals surface area contributed by atoms with E-state index in [0.29, 0.717) is 26.6 Å². The molecular weight excluding hydrogens is 466 g/mol. The molecule has 0 aliphatic carbocycles. The molecule has 0 unspecified atom stereocenters. The maximum atomic E-state index is 13.1. The van der Waals surface area contributed by atoms with Gasteiger partial charge in [0.2, 0.25) is 0 Å². The zero-order valence-electron chi connectivity index (χ0n) is 17.7. The smallest absolute Gasteiger partial charge is 0.291 e. The third-order valence-electron chi connectivity index (χ3n) is 5.57. The summed E-state index contributed by atoms with van der Waals surface area (Å²) < 4.78 is 13.3. The maximum Gasteiger partial charge on any atom is 0.291 e. The van der Waals surface area contributed by atoms with Crippen LogP contribution >= 0.6 is 22.9 Å². The number of aryl methyl sites for hydroxylation is 2. The standard InChI is InChI=1S/C23H16ClN3O5S/c1-11-4-6-16-21(12(11)2)25-23-26(16)22(28)20(33-23)8-13-5-7-18(32-13)14-9-15(24)17(27(29)30)10-19(14)31-3/h4-10H,1-3H3/b20-8-. The van der Waals surface area contributed by atoms with Crippen LogP contribution in [0.3, 0.4) is 0 Å². The van der Waals surface area contributed by atoms with Crippen molar-refractivity contribution in [1.82, 2.24) is 9.38 Å². The minimum Gasteiger partial charge on any atom is -0.496 e. The second kappa shape index (κ2) is 7.72. The fraction of sp³-hybridized carbons (Fsp3) is 0.130. The zero-order chi connectivity index (χ0) is 23.4. The molecule has 5 rings (SSSR count). The summed E-state index contributed by atoms with van der Waals surface area (Å²) in [4.78, 5) is 28.9. The lowest BCUT2D eigenvalue weighted by molar-refractivity contribution is -0.384. The number of methoxy groups -OCH3 is 1. The van der Waals surface area contributed by atoms with Gasteiger partial charge in [-0.25, -0.2) is 9.38 Å². The van der Waals surface area contributed by atoms with Crippen LogP contribution in [-0.2, 0) is 0 Å². The van der Waals surface area contributed by atoms with Gasteiger partial charge in [-0.05, 0) is 49.2 Å². The summed E-state index contributed by atoms with van der Waals surface area (Å²) in [6.45, 7) is 4.01. The highest BCUT2D eigenvalue weighted by Crippen LogP contribution is 2.39. The number of thiazole rings is 1. The first-order valence-corrected chi connectivity index (χ1v) is 11.0. The van der Waals surface area contributed by atoms with Crippen LogP contribution in [0.25, 0.3) is 33.4 Å². The number of furan rings is 1. The molecule has 0 fully saturated rings. The summed E-state index contributed by atoms with van der Waals surface area (Å²) in [5.74, 6) is 1.10. The first-order valence-electron chi connectivity index (χ1n) is 9.83. The Kier molecular flexibility index (Phi) is 4.95. The van der Waals surface area contributed by atoms with E-state index in [9.17, 15) is 14.9 Å². The second-order valence-corrected chi connectivity index (χ2v) is 8.90. The third-order valence-corrected chi connectivity index (χ3v) is 6.84. The molecule has 2 aromatic carbocycles. The molecule has 5 aromatic rings. The van der Waals surface area contributed by atoms with Crippen molar-refractivity contribution in [3.05, 3.63) is 83.3 Å². The predicted molar refractivity (Wildman–Crippen MR) is 127 cm³/mol. The first kappa shape index (κ1) is 21.2. The number of imidazole rings is 1. The molecule has 0 atom stereocenters. The van der Waals surface area contributed by atoms with Gasteiger partial charge >= 0.3 is 0 Å². The van der Waals surface area contributed by atoms with Crippen molar-refractivity contribution >= 4 is 50.7 Å². The number of nitro benzene ring substituents is 1. The molecule has 0 spiro atoms. The Morgan fingerprint density at radius 2 is 2.03 bits per heavy atom. The average Bonchev–Trinajstić information content (AvgIpc) is 3.47. The Labute approximate surface area is 195 Å². The Bertz CT molecular complexity index is 1700. The molecule has 0 amide bonds. The van der Waals surface area contributed by atoms with Crippen molar-refractivity contribution in [2.45, 2.75) is 13.8 Å². The van der Waals surface area contributed by atoms with E-state index in [-0.39, 0.29) is 22.0 Å². The zero-order valence-corrected chi connectivity index (χ0v) is 19.3. The number of fused-ring (bicyclic) bond motifs is 3. The summed E-state index contributed by atoms with van der Waals surface area (Å²) >= 11 is 7.35. The molecule has 3 aromatic heterocycles. The monoisotopic (exact) mass is 481 g/mol. The highest BCUT2D eigenvalue weighted by atomic mass is 35.5. The predicted octanol–water partition coefficient (Wildman–Crippen LogP) is 4.90. The molecule has 3 heterocycles. The summed E-state index contributed by atoms with van der Waals surface area (Å²) in [5.41, 5.74) is 3.82. The largest absolute Gasteiger partial charge is 0.496 e. The summed E-state index contributed by atoms with van der Waals surface area (Å²) in [6.07, 6.45) is 1.65. The van der Waals surface area contributed by atoms with Gasteiger partial charge in [0.05, 0.1) is 34.7 Å². The lowest BCUT2D eigenvalue weighted by atomic mass is 10.1. The van der Waals surface area contributed by atoms with Gasteiger partial charge in [-0.15, -0.1) is 0 Å². The molecule has 0 bridgehead atoms. The van der Waals surface area contributed by atoms with E-state index < -0.39 is 4.92 Å². The molecule has 0 radical (unpaired) electrons. The van der Waals surface area contributed by atoms with Crippen LogP contribution in [0.15, 0.2) is 45.6 Å². The van der Waals surface area contributed by atoms with Crippen molar-refractivity contribution in [2.75, 3.05) is 7.11 Å². The first-order chi connectivity index (χ1) is 15.8. The number of nitrogens with zero attached hydrogens (tertiary/aromatic N) is 3. The van der Waals surface area contributed by atoms with Crippen LogP contribution in [-0.4, -0.2) is 21.4 Å². The van der Waals surface area contributed by atoms with Crippen molar-refractivity contribution in [3.63, 3.8) is 0 Å². The molecule has 0 saturated heterocycles. The van der Waals surface area contributed by atoms with Crippen LogP contribution in [0.4, 0.5) is 5.69 Å². The van der Waals surface area contributed by atoms with Crippen LogP contribution in [0.1, 0.15) is 16.9 Å². The van der Waals surface area contributed by atoms with Crippen LogP contribution in [0.2, 0.25) is 5.02 Å². The van der Waals surface area contributed by atoms with Gasteiger partial charge in [0, 0.05) is 6.08 Å². The van der Waals surface area contributed by atoms with Gasteiger partial charge < -0.3 is 9.15 Å². The Balaban J connectivity index is 1.60. The fourth-order valence-corrected chi connectivity index (χ4v) is 4.91. The topological polar surface area (TPSA) is 99.9 Å². The number of hydrogen-bond donors (Lipinski definition) is 0. The van der Waals surface area contributed by atoms with E-state index in [2.05, 4.69) is 4.98 Å². The normalized spacial score (nSPS) is 12.2. The number of aromatic nitrogens is 2. The van der Waals surface area contributed by atoms with Crippen molar-refractivity contribution in [1.29, 1.82) is 0 Å². The molecule has 0 N–H and O–H groups in total. The van der Waals surface area contributed by atoms with E-state index in [1.165, 1.54) is 30.6 Å². The number of hydrogen-bond acceptors (Lipinski definition) is 7. The molecule has 0 aliphatic heterocycles. The van der Waals surface area contributed by atoms with Gasteiger partial charge in [-0.2, -0.15) is 0 Å². The number of benzene rings is 2. The van der Waals surface area contributed by atoms with Crippen molar-refractivity contribution in [3.8, 4) is 17.1 Å². The maximum absolute atomic E-state index is 13.1. The lowest BCUT2D eigenvalue weighted by Crippen LogP contribution is -2.22. The van der Waals surface area contributed by atoms with Gasteiger partial charge in [0.15, 0.2) is 4.96 Å². The van der Waals surface area contributed by atoms with Gasteiger partial charge in [-0.1, -0.05) is 29.0 Å². The summed E-state index contributed by atoms with van der Waals surface area (Å²) in [6, 6.07) is 9.96. The van der Waals surface area contributed by atoms with E-state index in [1.807, 2.05) is 26.0 Å². The van der Waals surface area contributed by atoms with E-state index in [4.69, 9.17) is 20.8 Å². The Morgan fingerprint density at radius 1 is 1.24 bits per heavy atom. The average molecular weight is 482 g/mol. The molecule has 166 valence electrons. The van der Waals surface area contributed by atoms with E-state index in [1.54, 1.807) is 22.6 Å². The van der Waals surface area contributed by atoms with E-state index >= 15 is 0 Å². The third kappa shape index (κ3) is 3.37. The van der Waals surface area contributed by atoms with Crippen LogP contribution in [0.5, 0.6) is 5.75 Å². The highest BCUT2D eigenvalue weighted by molar-refractivity contribution is 7.15. The quantitative estimate of drug-likeness (QED) is 0.267. The molecular formula is C23H16ClN3O5S. The van der Waals surface area contributed by atoms with Gasteiger partial charge in [0.25, 0.3) is 11.2 Å². The van der Waals surface area contributed by atoms with Crippen LogP contribution in [0, 0.1) is 24.0 Å². The van der Waals surface area contributed by atoms with Crippen molar-refractivity contribution < 1.29 is 14.1 Å². The molecule has 8 nitrogen and oxygen atoms in total. The highest BCUT2D eigenvalue weighted by Gasteiger charge is 2.20. The van der Waals surface area contributed by atoms with Gasteiger partial charge in [0.1, 0.15) is 26.8 Å². The van der Waals surface area contributed by atoms with Crippen LogP contribution < -0.4 is 14.8 Å². The molecule has 0 aliphatic rings. The number of rotatable bonds is 4. The lowest BCUT2D eigenvalue weighted by Gasteiger charge is -2.07. The fourth-order valence-electron chi connectivity index (χ4n) is 3.71. The summed E-state index contributed by atoms with van der Waals surface area (Å²) in [7, 11) is 1.41. The molecule has 33 heavy (non-hydrogen) atoms. The van der Waals surface area contributed by atoms with Crippen molar-refractivity contribution in [2.24, 2.45) is 0 Å². The van der Waals surface area contributed by atoms with E-state index in [0.717, 1.165) is 22.2 Å². The van der Waals surface area contributed by atoms with Gasteiger partial charge in [-0.3, -0.25) is 14.9 Å². The second-order valence-electron chi connectivity index (χ2n) is 7.48. The number of ether oxygens (including phenoxy) is 1. The minimum absolute atomic E-state index is 0.0311.